The van der Waals surface area contributed by atoms with Crippen molar-refractivity contribution in [3.8, 4) is 0 Å². The second kappa shape index (κ2) is 5.56. The maximum absolute atomic E-state index is 12.4. The molecule has 1 amide bonds. The zero-order chi connectivity index (χ0) is 15.1. The molecule has 0 aromatic carbocycles. The van der Waals surface area contributed by atoms with Crippen molar-refractivity contribution < 1.29 is 13.2 Å². The summed E-state index contributed by atoms with van der Waals surface area (Å²) in [6, 6.07) is 0.319. The molecule has 2 aliphatic carbocycles. The van der Waals surface area contributed by atoms with Gasteiger partial charge in [-0.1, -0.05) is 26.2 Å². The molecule has 0 aromatic rings. The molecule has 1 aliphatic heterocycles. The van der Waals surface area contributed by atoms with Gasteiger partial charge in [-0.15, -0.1) is 0 Å². The van der Waals surface area contributed by atoms with Gasteiger partial charge in [0.15, 0.2) is 9.84 Å². The van der Waals surface area contributed by atoms with Crippen molar-refractivity contribution in [2.45, 2.75) is 64.3 Å². The lowest BCUT2D eigenvalue weighted by Gasteiger charge is -2.52. The molecule has 3 rings (SSSR count). The number of hydrogen-bond acceptors (Lipinski definition) is 3. The molecule has 3 aliphatic rings. The number of carbonyl (C=O) groups excluding carboxylic acids is 1. The van der Waals surface area contributed by atoms with E-state index in [1.165, 1.54) is 32.1 Å². The van der Waals surface area contributed by atoms with Gasteiger partial charge in [0.25, 0.3) is 0 Å². The normalized spacial score (nSPS) is 29.4. The van der Waals surface area contributed by atoms with E-state index in [1.54, 1.807) is 0 Å². The van der Waals surface area contributed by atoms with Crippen molar-refractivity contribution in [2.75, 3.05) is 11.5 Å². The Morgan fingerprint density at radius 3 is 2.33 bits per heavy atom. The molecule has 0 bridgehead atoms. The maximum atomic E-state index is 12.4. The third-order valence-electron chi connectivity index (χ3n) is 5.77. The lowest BCUT2D eigenvalue weighted by molar-refractivity contribution is -0.133. The van der Waals surface area contributed by atoms with E-state index in [1.807, 2.05) is 0 Å². The molecule has 1 spiro atoms. The summed E-state index contributed by atoms with van der Waals surface area (Å²) in [5.41, 5.74) is -0.0343. The minimum atomic E-state index is -2.78. The Balaban J connectivity index is 1.48. The predicted molar refractivity (Wildman–Crippen MR) is 82.6 cm³/mol. The first-order chi connectivity index (χ1) is 9.93. The van der Waals surface area contributed by atoms with Crippen LogP contribution < -0.4 is 5.32 Å². The molecular formula is C16H27NO3S. The van der Waals surface area contributed by atoms with Crippen LogP contribution in [0.3, 0.4) is 0 Å². The minimum Gasteiger partial charge on any atom is -0.353 e. The summed E-state index contributed by atoms with van der Waals surface area (Å²) in [7, 11) is -2.78. The van der Waals surface area contributed by atoms with Gasteiger partial charge >= 0.3 is 0 Å². The van der Waals surface area contributed by atoms with Crippen LogP contribution in [0.15, 0.2) is 0 Å². The molecule has 1 unspecified atom stereocenters. The highest BCUT2D eigenvalue weighted by molar-refractivity contribution is 7.92. The van der Waals surface area contributed by atoms with Crippen LogP contribution in [0.4, 0.5) is 0 Å². The molecule has 1 atom stereocenters. The van der Waals surface area contributed by atoms with Crippen LogP contribution in [0.5, 0.6) is 0 Å². The summed E-state index contributed by atoms with van der Waals surface area (Å²) in [5.74, 6) is 1.49. The maximum Gasteiger partial charge on any atom is 0.223 e. The molecular weight excluding hydrogens is 286 g/mol. The topological polar surface area (TPSA) is 63.2 Å². The number of rotatable bonds is 4. The van der Waals surface area contributed by atoms with Crippen molar-refractivity contribution in [1.82, 2.24) is 5.32 Å². The van der Waals surface area contributed by atoms with Crippen molar-refractivity contribution >= 4 is 15.7 Å². The molecule has 21 heavy (non-hydrogen) atoms. The Bertz CT molecular complexity index is 488. The molecule has 1 heterocycles. The second-order valence-electron chi connectivity index (χ2n) is 7.56. The SMILES string of the molecule is CCC(NC(=O)C1CC2(C1)CS(=O)(=O)C2)C1CCCCC1. The zero-order valence-corrected chi connectivity index (χ0v) is 13.8. The van der Waals surface area contributed by atoms with E-state index in [4.69, 9.17) is 0 Å². The quantitative estimate of drug-likeness (QED) is 0.866. The molecule has 3 fully saturated rings. The lowest BCUT2D eigenvalue weighted by atomic mass is 9.63. The predicted octanol–water partition coefficient (Wildman–Crippen LogP) is 2.29. The Labute approximate surface area is 128 Å². The van der Waals surface area contributed by atoms with E-state index in [0.29, 0.717) is 23.5 Å². The number of sulfone groups is 1. The van der Waals surface area contributed by atoms with E-state index in [-0.39, 0.29) is 17.2 Å². The fraction of sp³-hybridized carbons (Fsp3) is 0.938. The Hall–Kier alpha value is -0.580. The van der Waals surface area contributed by atoms with Gasteiger partial charge in [-0.3, -0.25) is 4.79 Å². The monoisotopic (exact) mass is 313 g/mol. The third kappa shape index (κ3) is 3.13. The summed E-state index contributed by atoms with van der Waals surface area (Å²) < 4.78 is 22.6. The van der Waals surface area contributed by atoms with Gasteiger partial charge in [0.1, 0.15) is 0 Å². The van der Waals surface area contributed by atoms with Gasteiger partial charge in [-0.25, -0.2) is 8.42 Å². The third-order valence-corrected chi connectivity index (χ3v) is 7.87. The van der Waals surface area contributed by atoms with Crippen LogP contribution in [0.25, 0.3) is 0 Å². The van der Waals surface area contributed by atoms with Crippen molar-refractivity contribution in [3.05, 3.63) is 0 Å². The number of nitrogens with one attached hydrogen (secondary N) is 1. The largest absolute Gasteiger partial charge is 0.353 e. The molecule has 2 saturated carbocycles. The molecule has 0 aromatic heterocycles. The average molecular weight is 313 g/mol. The number of amides is 1. The van der Waals surface area contributed by atoms with Crippen LogP contribution in [0.2, 0.25) is 0 Å². The van der Waals surface area contributed by atoms with E-state index in [0.717, 1.165) is 19.3 Å². The molecule has 4 nitrogen and oxygen atoms in total. The van der Waals surface area contributed by atoms with Crippen molar-refractivity contribution in [3.63, 3.8) is 0 Å². The van der Waals surface area contributed by atoms with Gasteiger partial charge in [0.2, 0.25) is 5.91 Å². The van der Waals surface area contributed by atoms with Crippen LogP contribution in [-0.2, 0) is 14.6 Å². The summed E-state index contributed by atoms with van der Waals surface area (Å²) in [5, 5.41) is 3.26. The minimum absolute atomic E-state index is 0.0343. The zero-order valence-electron chi connectivity index (χ0n) is 12.9. The first-order valence-electron chi connectivity index (χ1n) is 8.44. The fourth-order valence-electron chi connectivity index (χ4n) is 4.69. The van der Waals surface area contributed by atoms with Crippen LogP contribution in [-0.4, -0.2) is 31.9 Å². The second-order valence-corrected chi connectivity index (χ2v) is 9.62. The average Bonchev–Trinajstić information content (AvgIpc) is 2.39. The van der Waals surface area contributed by atoms with Gasteiger partial charge in [-0.2, -0.15) is 0 Å². The number of carbonyl (C=O) groups is 1. The Kier molecular flexibility index (Phi) is 4.06. The Morgan fingerprint density at radius 2 is 1.81 bits per heavy atom. The van der Waals surface area contributed by atoms with Gasteiger partial charge in [0, 0.05) is 12.0 Å². The molecule has 0 radical (unpaired) electrons. The van der Waals surface area contributed by atoms with Crippen LogP contribution >= 0.6 is 0 Å². The highest BCUT2D eigenvalue weighted by Crippen LogP contribution is 2.53. The standard InChI is InChI=1S/C16H27NO3S/c1-2-14(12-6-4-3-5-7-12)17-15(18)13-8-16(9-13)10-21(19,20)11-16/h12-14H,2-11H2,1H3,(H,17,18). The molecule has 5 heteroatoms. The van der Waals surface area contributed by atoms with Gasteiger partial charge in [-0.05, 0) is 43.4 Å². The molecule has 1 saturated heterocycles. The summed E-state index contributed by atoms with van der Waals surface area (Å²) in [4.78, 5) is 12.4. The lowest BCUT2D eigenvalue weighted by Crippen LogP contribution is -2.59. The fourth-order valence-corrected chi connectivity index (χ4v) is 6.94. The van der Waals surface area contributed by atoms with E-state index in [2.05, 4.69) is 12.2 Å². The van der Waals surface area contributed by atoms with Crippen LogP contribution in [0, 0.1) is 17.3 Å². The van der Waals surface area contributed by atoms with Crippen molar-refractivity contribution in [2.24, 2.45) is 17.3 Å². The van der Waals surface area contributed by atoms with Crippen molar-refractivity contribution in [1.29, 1.82) is 0 Å². The highest BCUT2D eigenvalue weighted by atomic mass is 32.2. The van der Waals surface area contributed by atoms with E-state index >= 15 is 0 Å². The first kappa shape index (κ1) is 15.3. The molecule has 1 N–H and O–H groups in total. The summed E-state index contributed by atoms with van der Waals surface area (Å²) >= 11 is 0. The van der Waals surface area contributed by atoms with Crippen LogP contribution in [0.1, 0.15) is 58.3 Å². The Morgan fingerprint density at radius 1 is 1.19 bits per heavy atom. The van der Waals surface area contributed by atoms with Gasteiger partial charge in [0.05, 0.1) is 11.5 Å². The summed E-state index contributed by atoms with van der Waals surface area (Å²) in [6.45, 7) is 2.15. The van der Waals surface area contributed by atoms with E-state index in [9.17, 15) is 13.2 Å². The molecule has 120 valence electrons. The first-order valence-corrected chi connectivity index (χ1v) is 10.3. The van der Waals surface area contributed by atoms with E-state index < -0.39 is 9.84 Å². The number of hydrogen-bond donors (Lipinski definition) is 1. The summed E-state index contributed by atoms with van der Waals surface area (Å²) in [6.07, 6.45) is 8.96. The highest BCUT2D eigenvalue weighted by Gasteiger charge is 2.57. The smallest absolute Gasteiger partial charge is 0.223 e. The van der Waals surface area contributed by atoms with Gasteiger partial charge < -0.3 is 5.32 Å².